The van der Waals surface area contributed by atoms with E-state index < -0.39 is 16.9 Å². The van der Waals surface area contributed by atoms with E-state index in [1.54, 1.807) is 18.2 Å². The summed E-state index contributed by atoms with van der Waals surface area (Å²) < 4.78 is 23.5. The van der Waals surface area contributed by atoms with Crippen LogP contribution in [0.25, 0.3) is 0 Å². The van der Waals surface area contributed by atoms with Crippen LogP contribution in [0.1, 0.15) is 30.6 Å². The molecule has 0 amide bonds. The van der Waals surface area contributed by atoms with Crippen molar-refractivity contribution >= 4 is 10.8 Å². The highest BCUT2D eigenvalue weighted by atomic mass is 32.2. The fourth-order valence-electron chi connectivity index (χ4n) is 2.18. The lowest BCUT2D eigenvalue weighted by Crippen LogP contribution is -2.08. The Kier molecular flexibility index (Phi) is 5.74. The van der Waals surface area contributed by atoms with Crippen LogP contribution in [-0.2, 0) is 10.8 Å². The van der Waals surface area contributed by atoms with Gasteiger partial charge in [-0.1, -0.05) is 24.6 Å². The molecule has 23 heavy (non-hydrogen) atoms. The second-order valence-corrected chi connectivity index (χ2v) is 6.52. The minimum Gasteiger partial charge on any atom is -0.481 e. The molecule has 0 aliphatic heterocycles. The van der Waals surface area contributed by atoms with Crippen LogP contribution in [0.4, 0.5) is 0 Å². The molecule has 1 aromatic heterocycles. The number of aliphatic hydroxyl groups is 1. The SMILES string of the molecule is CC[C@H](O)c1cc(OC)nc(OC)c1S(=O)c1ccc(C)cc1. The number of hydrogen-bond acceptors (Lipinski definition) is 5. The van der Waals surface area contributed by atoms with Crippen molar-refractivity contribution in [2.24, 2.45) is 0 Å². The van der Waals surface area contributed by atoms with Crippen molar-refractivity contribution in [3.63, 3.8) is 0 Å². The number of ether oxygens (including phenoxy) is 2. The van der Waals surface area contributed by atoms with Gasteiger partial charge in [-0.05, 0) is 25.5 Å². The molecular weight excluding hydrogens is 314 g/mol. The summed E-state index contributed by atoms with van der Waals surface area (Å²) in [5, 5.41) is 10.3. The lowest BCUT2D eigenvalue weighted by molar-refractivity contribution is 0.169. The summed E-state index contributed by atoms with van der Waals surface area (Å²) in [6, 6.07) is 9.01. The van der Waals surface area contributed by atoms with Crippen LogP contribution in [-0.4, -0.2) is 28.5 Å². The average Bonchev–Trinajstić information content (AvgIpc) is 2.59. The van der Waals surface area contributed by atoms with Gasteiger partial charge in [-0.15, -0.1) is 0 Å². The largest absolute Gasteiger partial charge is 0.481 e. The first-order chi connectivity index (χ1) is 11.0. The third-order valence-corrected chi connectivity index (χ3v) is 5.00. The first kappa shape index (κ1) is 17.4. The summed E-state index contributed by atoms with van der Waals surface area (Å²) in [4.78, 5) is 5.21. The first-order valence-corrected chi connectivity index (χ1v) is 8.46. The van der Waals surface area contributed by atoms with Crippen LogP contribution in [0.3, 0.4) is 0 Å². The lowest BCUT2D eigenvalue weighted by atomic mass is 10.1. The standard InChI is InChI=1S/C17H21NO4S/c1-5-14(19)13-10-15(21-3)18-17(22-4)16(13)23(20)12-8-6-11(2)7-9-12/h6-10,14,19H,5H2,1-4H3/t14-,23?/m0/s1. The van der Waals surface area contributed by atoms with Crippen molar-refractivity contribution in [3.05, 3.63) is 41.5 Å². The normalized spacial score (nSPS) is 13.4. The molecule has 1 N–H and O–H groups in total. The Labute approximate surface area is 138 Å². The molecule has 0 bridgehead atoms. The Hall–Kier alpha value is -1.92. The van der Waals surface area contributed by atoms with Gasteiger partial charge in [-0.25, -0.2) is 4.21 Å². The van der Waals surface area contributed by atoms with E-state index in [0.29, 0.717) is 27.7 Å². The van der Waals surface area contributed by atoms with E-state index in [9.17, 15) is 9.32 Å². The monoisotopic (exact) mass is 335 g/mol. The van der Waals surface area contributed by atoms with E-state index in [0.717, 1.165) is 5.56 Å². The fourth-order valence-corrected chi connectivity index (χ4v) is 3.50. The zero-order chi connectivity index (χ0) is 17.0. The smallest absolute Gasteiger partial charge is 0.233 e. The highest BCUT2D eigenvalue weighted by molar-refractivity contribution is 7.85. The minimum absolute atomic E-state index is 0.200. The van der Waals surface area contributed by atoms with E-state index in [1.165, 1.54) is 14.2 Å². The molecule has 1 aromatic carbocycles. The predicted octanol–water partition coefficient (Wildman–Crippen LogP) is 3.02. The highest BCUT2D eigenvalue weighted by Crippen LogP contribution is 2.35. The highest BCUT2D eigenvalue weighted by Gasteiger charge is 2.24. The predicted molar refractivity (Wildman–Crippen MR) is 88.4 cm³/mol. The van der Waals surface area contributed by atoms with Crippen molar-refractivity contribution in [3.8, 4) is 11.8 Å². The zero-order valence-corrected chi connectivity index (χ0v) is 14.5. The Balaban J connectivity index is 2.62. The van der Waals surface area contributed by atoms with Crippen LogP contribution in [0.2, 0.25) is 0 Å². The van der Waals surface area contributed by atoms with Crippen molar-refractivity contribution < 1.29 is 18.8 Å². The second kappa shape index (κ2) is 7.57. The maximum Gasteiger partial charge on any atom is 0.233 e. The molecule has 1 heterocycles. The topological polar surface area (TPSA) is 68.7 Å². The quantitative estimate of drug-likeness (QED) is 0.879. The van der Waals surface area contributed by atoms with Gasteiger partial charge < -0.3 is 14.6 Å². The molecule has 0 radical (unpaired) electrons. The molecule has 0 saturated heterocycles. The molecule has 2 aromatic rings. The van der Waals surface area contributed by atoms with E-state index in [2.05, 4.69) is 4.98 Å². The van der Waals surface area contributed by atoms with E-state index in [-0.39, 0.29) is 5.88 Å². The average molecular weight is 335 g/mol. The number of aromatic nitrogens is 1. The Morgan fingerprint density at radius 2 is 1.87 bits per heavy atom. The number of pyridine rings is 1. The molecule has 0 fully saturated rings. The van der Waals surface area contributed by atoms with Crippen LogP contribution < -0.4 is 9.47 Å². The number of aryl methyl sites for hydroxylation is 1. The van der Waals surface area contributed by atoms with Gasteiger partial charge >= 0.3 is 0 Å². The van der Waals surface area contributed by atoms with E-state index >= 15 is 0 Å². The molecule has 1 unspecified atom stereocenters. The maximum absolute atomic E-state index is 13.0. The summed E-state index contributed by atoms with van der Waals surface area (Å²) in [7, 11) is 1.43. The lowest BCUT2D eigenvalue weighted by Gasteiger charge is -2.17. The molecule has 0 spiro atoms. The Morgan fingerprint density at radius 3 is 2.39 bits per heavy atom. The first-order valence-electron chi connectivity index (χ1n) is 7.31. The number of benzene rings is 1. The zero-order valence-electron chi connectivity index (χ0n) is 13.7. The van der Waals surface area contributed by atoms with Gasteiger partial charge in [0.05, 0.1) is 31.1 Å². The number of nitrogens with zero attached hydrogens (tertiary/aromatic N) is 1. The number of aliphatic hydroxyl groups excluding tert-OH is 1. The maximum atomic E-state index is 13.0. The Bertz CT molecular complexity index is 700. The van der Waals surface area contributed by atoms with E-state index in [4.69, 9.17) is 9.47 Å². The number of hydrogen-bond donors (Lipinski definition) is 1. The van der Waals surface area contributed by atoms with Crippen molar-refractivity contribution in [1.29, 1.82) is 0 Å². The number of rotatable bonds is 6. The van der Waals surface area contributed by atoms with E-state index in [1.807, 2.05) is 26.0 Å². The van der Waals surface area contributed by atoms with Crippen LogP contribution in [0.15, 0.2) is 40.1 Å². The number of methoxy groups -OCH3 is 2. The van der Waals surface area contributed by atoms with Crippen molar-refractivity contribution in [2.75, 3.05) is 14.2 Å². The summed E-state index contributed by atoms with van der Waals surface area (Å²) in [6.45, 7) is 3.82. The third-order valence-electron chi connectivity index (χ3n) is 3.52. The molecule has 0 aliphatic rings. The molecule has 6 heteroatoms. The molecule has 124 valence electrons. The van der Waals surface area contributed by atoms with Gasteiger partial charge in [-0.3, -0.25) is 0 Å². The van der Waals surface area contributed by atoms with Crippen molar-refractivity contribution in [2.45, 2.75) is 36.2 Å². The van der Waals surface area contributed by atoms with Gasteiger partial charge in [0.2, 0.25) is 11.8 Å². The molecule has 0 saturated carbocycles. The molecule has 5 nitrogen and oxygen atoms in total. The Morgan fingerprint density at radius 1 is 1.22 bits per heavy atom. The van der Waals surface area contributed by atoms with Crippen LogP contribution in [0.5, 0.6) is 11.8 Å². The van der Waals surface area contributed by atoms with Gasteiger partial charge in [-0.2, -0.15) is 4.98 Å². The molecule has 2 atom stereocenters. The molecule has 2 rings (SSSR count). The van der Waals surface area contributed by atoms with Crippen LogP contribution in [0, 0.1) is 6.92 Å². The second-order valence-electron chi connectivity index (χ2n) is 5.10. The fraction of sp³-hybridized carbons (Fsp3) is 0.353. The summed E-state index contributed by atoms with van der Waals surface area (Å²) in [6.07, 6.45) is -0.292. The van der Waals surface area contributed by atoms with Gasteiger partial charge in [0.25, 0.3) is 0 Å². The third kappa shape index (κ3) is 3.71. The summed E-state index contributed by atoms with van der Waals surface area (Å²) >= 11 is 0. The van der Waals surface area contributed by atoms with Gasteiger partial charge in [0.15, 0.2) is 0 Å². The molecule has 0 aliphatic carbocycles. The van der Waals surface area contributed by atoms with Crippen LogP contribution >= 0.6 is 0 Å². The van der Waals surface area contributed by atoms with Crippen molar-refractivity contribution in [1.82, 2.24) is 4.98 Å². The van der Waals surface area contributed by atoms with Gasteiger partial charge in [0.1, 0.15) is 4.90 Å². The molecular formula is C17H21NO4S. The minimum atomic E-state index is -1.51. The summed E-state index contributed by atoms with van der Waals surface area (Å²) in [5.41, 5.74) is 1.59. The van der Waals surface area contributed by atoms with Gasteiger partial charge in [0, 0.05) is 16.5 Å². The summed E-state index contributed by atoms with van der Waals surface area (Å²) in [5.74, 6) is 0.514.